The molecule has 3 heterocycles. The van der Waals surface area contributed by atoms with Crippen molar-refractivity contribution in [2.24, 2.45) is 0 Å². The van der Waals surface area contributed by atoms with E-state index in [9.17, 15) is 5.11 Å². The van der Waals surface area contributed by atoms with Gasteiger partial charge >= 0.3 is 0 Å². The minimum Gasteiger partial charge on any atom is -0.392 e. The van der Waals surface area contributed by atoms with Crippen LogP contribution in [0.15, 0.2) is 4.52 Å². The van der Waals surface area contributed by atoms with Crippen LogP contribution in [0.1, 0.15) is 36.4 Å². The van der Waals surface area contributed by atoms with Crippen LogP contribution >= 0.6 is 23.5 Å². The van der Waals surface area contributed by atoms with E-state index in [0.717, 1.165) is 11.6 Å². The molecule has 0 bridgehead atoms. The molecule has 0 aromatic carbocycles. The maximum Gasteiger partial charge on any atom is 0.243 e. The van der Waals surface area contributed by atoms with Gasteiger partial charge in [0.05, 0.1) is 17.4 Å². The number of hydrogen-bond acceptors (Lipinski definition) is 7. The van der Waals surface area contributed by atoms with Crippen molar-refractivity contribution in [2.75, 3.05) is 18.1 Å². The zero-order chi connectivity index (χ0) is 12.5. The van der Waals surface area contributed by atoms with Crippen LogP contribution < -0.4 is 5.32 Å². The lowest BCUT2D eigenvalue weighted by Gasteiger charge is -2.24. The molecule has 2 N–H and O–H groups in total. The summed E-state index contributed by atoms with van der Waals surface area (Å²) in [5.41, 5.74) is 0. The normalized spacial score (nSPS) is 37.0. The highest BCUT2D eigenvalue weighted by Gasteiger charge is 2.32. The molecule has 100 valence electrons. The number of rotatable bonds is 2. The van der Waals surface area contributed by atoms with Crippen LogP contribution in [-0.2, 0) is 0 Å². The second kappa shape index (κ2) is 5.40. The van der Waals surface area contributed by atoms with Crippen LogP contribution in [0, 0.1) is 0 Å². The Hall–Kier alpha value is -0.240. The lowest BCUT2D eigenvalue weighted by molar-refractivity contribution is 0.191. The lowest BCUT2D eigenvalue weighted by atomic mass is 10.2. The Labute approximate surface area is 114 Å². The van der Waals surface area contributed by atoms with E-state index in [1.165, 1.54) is 5.75 Å². The van der Waals surface area contributed by atoms with Crippen molar-refractivity contribution < 1.29 is 9.63 Å². The van der Waals surface area contributed by atoms with Crippen LogP contribution in [-0.4, -0.2) is 44.7 Å². The molecule has 18 heavy (non-hydrogen) atoms. The summed E-state index contributed by atoms with van der Waals surface area (Å²) < 4.78 is 5.34. The first-order valence-electron chi connectivity index (χ1n) is 6.22. The number of hydrogen-bond donors (Lipinski definition) is 2. The zero-order valence-electron chi connectivity index (χ0n) is 10.2. The summed E-state index contributed by atoms with van der Waals surface area (Å²) in [6, 6.07) is 0.0119. The average molecular weight is 287 g/mol. The maximum absolute atomic E-state index is 9.50. The van der Waals surface area contributed by atoms with E-state index in [4.69, 9.17) is 4.52 Å². The number of aliphatic hydroxyl groups excluding tert-OH is 1. The van der Waals surface area contributed by atoms with Gasteiger partial charge in [-0.25, -0.2) is 0 Å². The van der Waals surface area contributed by atoms with Crippen molar-refractivity contribution in [2.45, 2.75) is 36.0 Å². The van der Waals surface area contributed by atoms with E-state index in [2.05, 4.69) is 22.4 Å². The Balaban J connectivity index is 1.72. The fourth-order valence-corrected chi connectivity index (χ4v) is 5.01. The molecule has 3 unspecified atom stereocenters. The summed E-state index contributed by atoms with van der Waals surface area (Å²) in [6.45, 7) is 2.82. The third kappa shape index (κ3) is 2.54. The fraction of sp³-hybridized carbons (Fsp3) is 0.818. The molecule has 7 heteroatoms. The molecule has 0 radical (unpaired) electrons. The van der Waals surface area contributed by atoms with Gasteiger partial charge in [0.15, 0.2) is 5.82 Å². The smallest absolute Gasteiger partial charge is 0.243 e. The van der Waals surface area contributed by atoms with Crippen LogP contribution in [0.5, 0.6) is 0 Å². The largest absolute Gasteiger partial charge is 0.392 e. The van der Waals surface area contributed by atoms with E-state index in [0.29, 0.717) is 29.4 Å². The Bertz CT molecular complexity index is 415. The molecule has 0 spiro atoms. The first kappa shape index (κ1) is 12.8. The van der Waals surface area contributed by atoms with Crippen molar-refractivity contribution in [1.82, 2.24) is 15.5 Å². The van der Waals surface area contributed by atoms with Gasteiger partial charge in [-0.15, -0.1) is 11.8 Å². The number of nitrogens with one attached hydrogen (secondary N) is 1. The molecular formula is C11H17N3O2S2. The molecule has 2 aliphatic heterocycles. The molecule has 2 saturated heterocycles. The predicted molar refractivity (Wildman–Crippen MR) is 72.8 cm³/mol. The summed E-state index contributed by atoms with van der Waals surface area (Å²) in [7, 11) is 0. The maximum atomic E-state index is 9.50. The van der Waals surface area contributed by atoms with Gasteiger partial charge in [0.1, 0.15) is 0 Å². The monoisotopic (exact) mass is 287 g/mol. The molecule has 2 aliphatic rings. The Morgan fingerprint density at radius 2 is 2.22 bits per heavy atom. The van der Waals surface area contributed by atoms with Gasteiger partial charge in [-0.05, 0) is 6.42 Å². The highest BCUT2D eigenvalue weighted by molar-refractivity contribution is 8.06. The number of β-amino-alcohol motifs (C(OH)–C–C–N with tert-alkyl or cyclic N) is 1. The van der Waals surface area contributed by atoms with Crippen LogP contribution in [0.3, 0.4) is 0 Å². The quantitative estimate of drug-likeness (QED) is 0.851. The van der Waals surface area contributed by atoms with Crippen molar-refractivity contribution in [1.29, 1.82) is 0 Å². The second-order valence-corrected chi connectivity index (χ2v) is 7.44. The van der Waals surface area contributed by atoms with Gasteiger partial charge in [-0.1, -0.05) is 12.1 Å². The van der Waals surface area contributed by atoms with Gasteiger partial charge in [0, 0.05) is 23.3 Å². The Kier molecular flexibility index (Phi) is 3.83. The lowest BCUT2D eigenvalue weighted by Crippen LogP contribution is -2.17. The number of aromatic nitrogens is 2. The number of aliphatic hydroxyl groups is 1. The SMILES string of the molecule is CC1SCCSC1c1noc([C@@H]2CC(O)CN2)n1. The average Bonchev–Trinajstić information content (AvgIpc) is 2.98. The van der Waals surface area contributed by atoms with Crippen molar-refractivity contribution in [3.8, 4) is 0 Å². The van der Waals surface area contributed by atoms with Gasteiger partial charge in [-0.2, -0.15) is 16.7 Å². The first-order valence-corrected chi connectivity index (χ1v) is 8.32. The summed E-state index contributed by atoms with van der Waals surface area (Å²) in [4.78, 5) is 4.52. The summed E-state index contributed by atoms with van der Waals surface area (Å²) >= 11 is 3.87. The van der Waals surface area contributed by atoms with E-state index < -0.39 is 0 Å². The summed E-state index contributed by atoms with van der Waals surface area (Å²) in [5, 5.41) is 17.7. The third-order valence-electron chi connectivity index (χ3n) is 3.31. The third-order valence-corrected chi connectivity index (χ3v) is 6.39. The van der Waals surface area contributed by atoms with Gasteiger partial charge < -0.3 is 14.9 Å². The van der Waals surface area contributed by atoms with Crippen LogP contribution in [0.25, 0.3) is 0 Å². The molecule has 2 fully saturated rings. The minimum absolute atomic E-state index is 0.0119. The molecule has 5 nitrogen and oxygen atoms in total. The molecule has 3 rings (SSSR count). The molecule has 1 aromatic heterocycles. The summed E-state index contributed by atoms with van der Waals surface area (Å²) in [5.74, 6) is 3.76. The van der Waals surface area contributed by atoms with E-state index in [1.807, 2.05) is 23.5 Å². The van der Waals surface area contributed by atoms with Crippen molar-refractivity contribution in [3.63, 3.8) is 0 Å². The minimum atomic E-state index is -0.302. The van der Waals surface area contributed by atoms with E-state index >= 15 is 0 Å². The highest BCUT2D eigenvalue weighted by atomic mass is 32.2. The topological polar surface area (TPSA) is 71.2 Å². The predicted octanol–water partition coefficient (Wildman–Crippen LogP) is 1.37. The van der Waals surface area contributed by atoms with Gasteiger partial charge in [0.25, 0.3) is 0 Å². The number of nitrogens with zero attached hydrogens (tertiary/aromatic N) is 2. The van der Waals surface area contributed by atoms with E-state index in [-0.39, 0.29) is 12.1 Å². The highest BCUT2D eigenvalue weighted by Crippen LogP contribution is 2.41. The zero-order valence-corrected chi connectivity index (χ0v) is 11.8. The van der Waals surface area contributed by atoms with Gasteiger partial charge in [0.2, 0.25) is 5.89 Å². The number of thioether (sulfide) groups is 2. The van der Waals surface area contributed by atoms with Crippen LogP contribution in [0.4, 0.5) is 0 Å². The second-order valence-electron chi connectivity index (χ2n) is 4.71. The molecule has 4 atom stereocenters. The van der Waals surface area contributed by atoms with Crippen LogP contribution in [0.2, 0.25) is 0 Å². The summed E-state index contributed by atoms with van der Waals surface area (Å²) in [6.07, 6.45) is 0.355. The standard InChI is InChI=1S/C11H17N3O2S2/c1-6-9(18-3-2-17-6)10-13-11(16-14-10)8-4-7(15)5-12-8/h6-9,12,15H,2-5H2,1H3/t6?,7?,8-,9?/m0/s1. The fourth-order valence-electron chi connectivity index (χ4n) is 2.33. The molecule has 0 amide bonds. The molecule has 0 saturated carbocycles. The first-order chi connectivity index (χ1) is 8.74. The van der Waals surface area contributed by atoms with E-state index in [1.54, 1.807) is 0 Å². The van der Waals surface area contributed by atoms with Crippen molar-refractivity contribution >= 4 is 23.5 Å². The Morgan fingerprint density at radius 3 is 2.94 bits per heavy atom. The molecule has 1 aromatic rings. The molecular weight excluding hydrogens is 270 g/mol. The Morgan fingerprint density at radius 1 is 1.39 bits per heavy atom. The van der Waals surface area contributed by atoms with Gasteiger partial charge in [-0.3, -0.25) is 0 Å². The molecule has 0 aliphatic carbocycles. The van der Waals surface area contributed by atoms with Crippen molar-refractivity contribution in [3.05, 3.63) is 11.7 Å².